The number of hydrogen-bond donors (Lipinski definition) is 3. The Labute approximate surface area is 134 Å². The first kappa shape index (κ1) is 16.2. The summed E-state index contributed by atoms with van der Waals surface area (Å²) in [6.45, 7) is 8.01. The van der Waals surface area contributed by atoms with Crippen LogP contribution in [0.1, 0.15) is 38.2 Å². The van der Waals surface area contributed by atoms with E-state index in [1.807, 2.05) is 0 Å². The molecule has 1 aliphatic heterocycles. The lowest BCUT2D eigenvalue weighted by molar-refractivity contribution is -0.928. The third-order valence-corrected chi connectivity index (χ3v) is 4.60. The molecule has 3 nitrogen and oxygen atoms in total. The van der Waals surface area contributed by atoms with Crippen LogP contribution in [-0.4, -0.2) is 30.8 Å². The first-order valence-corrected chi connectivity index (χ1v) is 8.52. The minimum Gasteiger partial charge on any atom is -0.362 e. The Morgan fingerprint density at radius 2 is 2.05 bits per heavy atom. The Hall–Kier alpha value is -1.13. The van der Waals surface area contributed by atoms with Crippen molar-refractivity contribution in [3.8, 4) is 0 Å². The molecule has 1 unspecified atom stereocenters. The first-order valence-electron chi connectivity index (χ1n) is 8.11. The molecule has 0 radical (unpaired) electrons. The number of nitrogens with one attached hydrogen (secondary N) is 3. The normalized spacial score (nSPS) is 21.8. The summed E-state index contributed by atoms with van der Waals surface area (Å²) in [7, 11) is 0. The molecule has 4 heteroatoms. The second kappa shape index (κ2) is 8.35. The molecule has 1 aromatic rings. The number of thiocarbonyl (C=S) groups is 1. The second-order valence-electron chi connectivity index (χ2n) is 6.16. The highest BCUT2D eigenvalue weighted by Gasteiger charge is 2.20. The van der Waals surface area contributed by atoms with Gasteiger partial charge in [-0.05, 0) is 57.5 Å². The quantitative estimate of drug-likeness (QED) is 0.575. The smallest absolute Gasteiger partial charge is 0.170 e. The molecule has 0 aliphatic carbocycles. The molecule has 0 spiro atoms. The molecular weight excluding hydrogens is 278 g/mol. The van der Waals surface area contributed by atoms with E-state index in [-0.39, 0.29) is 0 Å². The number of piperidine rings is 1. The lowest BCUT2D eigenvalue weighted by atomic mass is 10.0. The number of rotatable bonds is 5. The Morgan fingerprint density at radius 1 is 1.29 bits per heavy atom. The fourth-order valence-corrected chi connectivity index (χ4v) is 3.17. The summed E-state index contributed by atoms with van der Waals surface area (Å²) < 4.78 is 0. The topological polar surface area (TPSA) is 28.5 Å². The molecule has 0 amide bonds. The monoisotopic (exact) mass is 306 g/mol. The van der Waals surface area contributed by atoms with Crippen molar-refractivity contribution in [1.29, 1.82) is 0 Å². The molecule has 1 aromatic carbocycles. The maximum absolute atomic E-state index is 5.33. The van der Waals surface area contributed by atoms with Gasteiger partial charge in [0.25, 0.3) is 0 Å². The molecule has 1 saturated heterocycles. The number of anilines is 1. The van der Waals surface area contributed by atoms with E-state index in [4.69, 9.17) is 12.2 Å². The van der Waals surface area contributed by atoms with Gasteiger partial charge in [0.1, 0.15) is 0 Å². The lowest BCUT2D eigenvalue weighted by Gasteiger charge is -2.30. The van der Waals surface area contributed by atoms with Crippen LogP contribution < -0.4 is 15.5 Å². The Balaban J connectivity index is 1.61. The van der Waals surface area contributed by atoms with Crippen LogP contribution in [0, 0.1) is 6.92 Å². The van der Waals surface area contributed by atoms with Gasteiger partial charge in [0.05, 0.1) is 19.1 Å². The van der Waals surface area contributed by atoms with Crippen molar-refractivity contribution in [3.63, 3.8) is 0 Å². The minimum atomic E-state index is 0.723. The van der Waals surface area contributed by atoms with E-state index in [9.17, 15) is 0 Å². The highest BCUT2D eigenvalue weighted by Crippen LogP contribution is 2.08. The fraction of sp³-hybridized carbons (Fsp3) is 0.588. The summed E-state index contributed by atoms with van der Waals surface area (Å²) in [5, 5.41) is 7.26. The van der Waals surface area contributed by atoms with E-state index in [0.717, 1.165) is 23.4 Å². The van der Waals surface area contributed by atoms with Crippen LogP contribution in [0.4, 0.5) is 5.69 Å². The molecule has 1 fully saturated rings. The molecule has 1 aliphatic rings. The largest absolute Gasteiger partial charge is 0.362 e. The number of likely N-dealkylation sites (tertiary alicyclic amines) is 1. The number of quaternary nitrogens is 1. The van der Waals surface area contributed by atoms with Gasteiger partial charge in [-0.2, -0.15) is 0 Å². The molecule has 21 heavy (non-hydrogen) atoms. The van der Waals surface area contributed by atoms with Crippen molar-refractivity contribution in [3.05, 3.63) is 29.8 Å². The van der Waals surface area contributed by atoms with E-state index in [1.165, 1.54) is 44.3 Å². The van der Waals surface area contributed by atoms with Gasteiger partial charge < -0.3 is 15.5 Å². The van der Waals surface area contributed by atoms with Crippen LogP contribution in [0.2, 0.25) is 0 Å². The fourth-order valence-electron chi connectivity index (χ4n) is 2.95. The summed E-state index contributed by atoms with van der Waals surface area (Å²) in [6, 6.07) is 9.13. The maximum atomic E-state index is 5.33. The Kier molecular flexibility index (Phi) is 6.46. The molecule has 2 atom stereocenters. The number of hydrogen-bond acceptors (Lipinski definition) is 1. The zero-order valence-corrected chi connectivity index (χ0v) is 14.1. The predicted molar refractivity (Wildman–Crippen MR) is 94.0 cm³/mol. The van der Waals surface area contributed by atoms with Gasteiger partial charge in [0.15, 0.2) is 5.11 Å². The SMILES string of the molecule is Cc1ccc(NC(=S)NCCC[NH+]2CCCC[C@H]2C)cc1. The highest BCUT2D eigenvalue weighted by molar-refractivity contribution is 7.80. The van der Waals surface area contributed by atoms with Crippen molar-refractivity contribution in [1.82, 2.24) is 5.32 Å². The van der Waals surface area contributed by atoms with Crippen molar-refractivity contribution < 1.29 is 4.90 Å². The van der Waals surface area contributed by atoms with Crippen LogP contribution >= 0.6 is 12.2 Å². The zero-order chi connectivity index (χ0) is 15.1. The van der Waals surface area contributed by atoms with Crippen LogP contribution in [0.25, 0.3) is 0 Å². The number of benzene rings is 1. The van der Waals surface area contributed by atoms with E-state index in [1.54, 1.807) is 4.90 Å². The number of aryl methyl sites for hydroxylation is 1. The molecule has 3 N–H and O–H groups in total. The molecule has 0 bridgehead atoms. The molecule has 116 valence electrons. The van der Waals surface area contributed by atoms with Gasteiger partial charge in [-0.3, -0.25) is 0 Å². The van der Waals surface area contributed by atoms with E-state index in [0.29, 0.717) is 0 Å². The zero-order valence-electron chi connectivity index (χ0n) is 13.2. The average Bonchev–Trinajstić information content (AvgIpc) is 2.48. The Bertz CT molecular complexity index is 444. The molecule has 2 rings (SSSR count). The van der Waals surface area contributed by atoms with Gasteiger partial charge in [-0.15, -0.1) is 0 Å². The molecule has 1 heterocycles. The van der Waals surface area contributed by atoms with Crippen LogP contribution in [0.3, 0.4) is 0 Å². The average molecular weight is 306 g/mol. The summed E-state index contributed by atoms with van der Waals surface area (Å²) >= 11 is 5.33. The first-order chi connectivity index (χ1) is 10.1. The van der Waals surface area contributed by atoms with Crippen LogP contribution in [-0.2, 0) is 0 Å². The summed E-state index contributed by atoms with van der Waals surface area (Å²) in [4.78, 5) is 1.76. The van der Waals surface area contributed by atoms with Gasteiger partial charge in [0.2, 0.25) is 0 Å². The third kappa shape index (κ3) is 5.64. The highest BCUT2D eigenvalue weighted by atomic mass is 32.1. The molecule has 0 aromatic heterocycles. The standard InChI is InChI=1S/C17H27N3S/c1-14-7-9-16(10-8-14)19-17(21)18-11-5-13-20-12-4-3-6-15(20)2/h7-10,15H,3-6,11-13H2,1-2H3,(H2,18,19,21)/p+1/t15-/m1/s1. The van der Waals surface area contributed by atoms with Gasteiger partial charge in [0, 0.05) is 18.7 Å². The van der Waals surface area contributed by atoms with Gasteiger partial charge >= 0.3 is 0 Å². The molecule has 0 saturated carbocycles. The van der Waals surface area contributed by atoms with E-state index in [2.05, 4.69) is 48.7 Å². The van der Waals surface area contributed by atoms with E-state index < -0.39 is 0 Å². The Morgan fingerprint density at radius 3 is 2.76 bits per heavy atom. The van der Waals surface area contributed by atoms with Crippen molar-refractivity contribution in [2.24, 2.45) is 0 Å². The predicted octanol–water partition coefficient (Wildman–Crippen LogP) is 2.13. The lowest BCUT2D eigenvalue weighted by Crippen LogP contribution is -3.16. The maximum Gasteiger partial charge on any atom is 0.170 e. The second-order valence-corrected chi connectivity index (χ2v) is 6.56. The van der Waals surface area contributed by atoms with Gasteiger partial charge in [-0.1, -0.05) is 17.7 Å². The van der Waals surface area contributed by atoms with Crippen LogP contribution in [0.15, 0.2) is 24.3 Å². The molecular formula is C17H28N3S+. The summed E-state index contributed by atoms with van der Waals surface area (Å²) in [5.41, 5.74) is 2.31. The third-order valence-electron chi connectivity index (χ3n) is 4.35. The summed E-state index contributed by atoms with van der Waals surface area (Å²) in [6.07, 6.45) is 5.36. The van der Waals surface area contributed by atoms with Crippen LogP contribution in [0.5, 0.6) is 0 Å². The van der Waals surface area contributed by atoms with Gasteiger partial charge in [-0.25, -0.2) is 0 Å². The van der Waals surface area contributed by atoms with E-state index >= 15 is 0 Å². The van der Waals surface area contributed by atoms with Crippen molar-refractivity contribution in [2.45, 2.75) is 45.6 Å². The summed E-state index contributed by atoms with van der Waals surface area (Å²) in [5.74, 6) is 0. The minimum absolute atomic E-state index is 0.723. The van der Waals surface area contributed by atoms with Crippen molar-refractivity contribution >= 4 is 23.0 Å². The van der Waals surface area contributed by atoms with Crippen molar-refractivity contribution in [2.75, 3.05) is 25.0 Å².